The Morgan fingerprint density at radius 1 is 1.06 bits per heavy atom. The van der Waals surface area contributed by atoms with Gasteiger partial charge >= 0.3 is 0 Å². The highest BCUT2D eigenvalue weighted by molar-refractivity contribution is 6.06. The minimum Gasteiger partial charge on any atom is -0.508 e. The fourth-order valence-electron chi connectivity index (χ4n) is 1.48. The second-order valence-electron chi connectivity index (χ2n) is 3.63. The SMILES string of the molecule is O=C(Nc1ccc(O)cc1)c1c(O)cccc1F. The van der Waals surface area contributed by atoms with Crippen molar-refractivity contribution in [2.24, 2.45) is 0 Å². The highest BCUT2D eigenvalue weighted by Crippen LogP contribution is 2.22. The molecule has 0 aromatic heterocycles. The summed E-state index contributed by atoms with van der Waals surface area (Å²) in [7, 11) is 0. The number of carbonyl (C=O) groups excluding carboxylic acids is 1. The van der Waals surface area contributed by atoms with E-state index in [9.17, 15) is 14.3 Å². The van der Waals surface area contributed by atoms with Crippen LogP contribution >= 0.6 is 0 Å². The number of rotatable bonds is 2. The van der Waals surface area contributed by atoms with Crippen LogP contribution in [0, 0.1) is 5.82 Å². The zero-order valence-corrected chi connectivity index (χ0v) is 9.22. The van der Waals surface area contributed by atoms with Gasteiger partial charge < -0.3 is 15.5 Å². The first-order valence-electron chi connectivity index (χ1n) is 5.16. The van der Waals surface area contributed by atoms with E-state index in [1.54, 1.807) is 0 Å². The molecule has 0 saturated carbocycles. The average molecular weight is 247 g/mol. The van der Waals surface area contributed by atoms with Crippen molar-refractivity contribution in [3.05, 3.63) is 53.8 Å². The number of anilines is 1. The molecule has 0 atom stereocenters. The molecule has 0 bridgehead atoms. The Balaban J connectivity index is 2.25. The molecule has 18 heavy (non-hydrogen) atoms. The average Bonchev–Trinajstić information content (AvgIpc) is 2.32. The van der Waals surface area contributed by atoms with Gasteiger partial charge in [0.2, 0.25) is 0 Å². The van der Waals surface area contributed by atoms with Crippen molar-refractivity contribution in [3.63, 3.8) is 0 Å². The lowest BCUT2D eigenvalue weighted by Crippen LogP contribution is -2.13. The minimum atomic E-state index is -0.800. The van der Waals surface area contributed by atoms with Crippen LogP contribution in [0.15, 0.2) is 42.5 Å². The fraction of sp³-hybridized carbons (Fsp3) is 0. The largest absolute Gasteiger partial charge is 0.508 e. The van der Waals surface area contributed by atoms with Gasteiger partial charge in [-0.05, 0) is 36.4 Å². The number of carbonyl (C=O) groups is 1. The van der Waals surface area contributed by atoms with Gasteiger partial charge in [0, 0.05) is 5.69 Å². The molecule has 0 aliphatic carbocycles. The number of nitrogens with one attached hydrogen (secondary N) is 1. The standard InChI is InChI=1S/C13H10FNO3/c14-10-2-1-3-11(17)12(10)13(18)15-8-4-6-9(16)7-5-8/h1-7,16-17H,(H,15,18). The molecule has 1 amide bonds. The molecule has 0 saturated heterocycles. The lowest BCUT2D eigenvalue weighted by atomic mass is 10.1. The van der Waals surface area contributed by atoms with E-state index in [0.29, 0.717) is 5.69 Å². The molecule has 92 valence electrons. The maximum absolute atomic E-state index is 13.4. The van der Waals surface area contributed by atoms with E-state index in [1.807, 2.05) is 0 Å². The van der Waals surface area contributed by atoms with Crippen LogP contribution in [0.5, 0.6) is 11.5 Å². The van der Waals surface area contributed by atoms with Gasteiger partial charge in [-0.1, -0.05) is 6.07 Å². The van der Waals surface area contributed by atoms with Crippen LogP contribution in [-0.4, -0.2) is 16.1 Å². The van der Waals surface area contributed by atoms with E-state index < -0.39 is 23.0 Å². The topological polar surface area (TPSA) is 69.6 Å². The number of benzene rings is 2. The smallest absolute Gasteiger partial charge is 0.262 e. The molecule has 2 aromatic carbocycles. The molecule has 0 spiro atoms. The van der Waals surface area contributed by atoms with Crippen LogP contribution in [0.2, 0.25) is 0 Å². The number of phenols is 2. The van der Waals surface area contributed by atoms with Crippen LogP contribution < -0.4 is 5.32 Å². The van der Waals surface area contributed by atoms with Crippen LogP contribution in [0.4, 0.5) is 10.1 Å². The van der Waals surface area contributed by atoms with E-state index >= 15 is 0 Å². The number of amides is 1. The van der Waals surface area contributed by atoms with E-state index in [1.165, 1.54) is 36.4 Å². The Hall–Kier alpha value is -2.56. The summed E-state index contributed by atoms with van der Waals surface area (Å²) >= 11 is 0. The van der Waals surface area contributed by atoms with Gasteiger partial charge in [0.1, 0.15) is 22.9 Å². The highest BCUT2D eigenvalue weighted by atomic mass is 19.1. The first kappa shape index (κ1) is 11.9. The summed E-state index contributed by atoms with van der Waals surface area (Å²) < 4.78 is 13.4. The minimum absolute atomic E-state index is 0.0572. The Morgan fingerprint density at radius 2 is 1.72 bits per heavy atom. The molecular weight excluding hydrogens is 237 g/mol. The predicted octanol–water partition coefficient (Wildman–Crippen LogP) is 2.49. The molecule has 3 N–H and O–H groups in total. The molecule has 0 radical (unpaired) electrons. The summed E-state index contributed by atoms with van der Waals surface area (Å²) in [6.45, 7) is 0. The normalized spacial score (nSPS) is 10.1. The first-order chi connectivity index (χ1) is 8.58. The van der Waals surface area contributed by atoms with Crippen molar-refractivity contribution in [2.75, 3.05) is 5.32 Å². The molecule has 0 fully saturated rings. The van der Waals surface area contributed by atoms with Gasteiger partial charge in [-0.15, -0.1) is 0 Å². The lowest BCUT2D eigenvalue weighted by Gasteiger charge is -2.07. The van der Waals surface area contributed by atoms with Crippen molar-refractivity contribution in [1.82, 2.24) is 0 Å². The van der Waals surface area contributed by atoms with Gasteiger partial charge in [0.25, 0.3) is 5.91 Å². The number of phenolic OH excluding ortho intramolecular Hbond substituents is 2. The van der Waals surface area contributed by atoms with Gasteiger partial charge in [0.05, 0.1) is 0 Å². The maximum atomic E-state index is 13.4. The summed E-state index contributed by atoms with van der Waals surface area (Å²) in [6.07, 6.45) is 0. The van der Waals surface area contributed by atoms with Crippen LogP contribution in [0.25, 0.3) is 0 Å². The Bertz CT molecular complexity index is 561. The van der Waals surface area contributed by atoms with Gasteiger partial charge in [-0.3, -0.25) is 4.79 Å². The quantitative estimate of drug-likeness (QED) is 0.714. The van der Waals surface area contributed by atoms with Crippen LogP contribution in [0.1, 0.15) is 10.4 Å². The molecule has 4 nitrogen and oxygen atoms in total. The third-order valence-corrected chi connectivity index (χ3v) is 2.34. The zero-order valence-electron chi connectivity index (χ0n) is 9.22. The van der Waals surface area contributed by atoms with Crippen LogP contribution in [-0.2, 0) is 0 Å². The van der Waals surface area contributed by atoms with E-state index in [4.69, 9.17) is 5.11 Å². The number of aromatic hydroxyl groups is 2. The van der Waals surface area contributed by atoms with E-state index in [-0.39, 0.29) is 5.75 Å². The molecular formula is C13H10FNO3. The Morgan fingerprint density at radius 3 is 2.33 bits per heavy atom. The highest BCUT2D eigenvalue weighted by Gasteiger charge is 2.16. The molecule has 2 rings (SSSR count). The van der Waals surface area contributed by atoms with Crippen molar-refractivity contribution < 1.29 is 19.4 Å². The number of halogens is 1. The van der Waals surface area contributed by atoms with Gasteiger partial charge in [-0.2, -0.15) is 0 Å². The third kappa shape index (κ3) is 2.40. The number of hydrogen-bond donors (Lipinski definition) is 3. The van der Waals surface area contributed by atoms with Crippen molar-refractivity contribution >= 4 is 11.6 Å². The number of hydrogen-bond acceptors (Lipinski definition) is 3. The second kappa shape index (κ2) is 4.75. The summed E-state index contributed by atoms with van der Waals surface area (Å²) in [5, 5.41) is 20.9. The lowest BCUT2D eigenvalue weighted by molar-refractivity contribution is 0.102. The summed E-state index contributed by atoms with van der Waals surface area (Å²) in [4.78, 5) is 11.8. The fourth-order valence-corrected chi connectivity index (χ4v) is 1.48. The summed E-state index contributed by atoms with van der Waals surface area (Å²) in [5.41, 5.74) is -0.0222. The molecule has 0 aliphatic heterocycles. The Labute approximate surface area is 102 Å². The van der Waals surface area contributed by atoms with Crippen molar-refractivity contribution in [1.29, 1.82) is 0 Å². The summed E-state index contributed by atoms with van der Waals surface area (Å²) in [6, 6.07) is 9.33. The second-order valence-corrected chi connectivity index (χ2v) is 3.63. The van der Waals surface area contributed by atoms with Gasteiger partial charge in [-0.25, -0.2) is 4.39 Å². The van der Waals surface area contributed by atoms with Crippen molar-refractivity contribution in [3.8, 4) is 11.5 Å². The van der Waals surface area contributed by atoms with Gasteiger partial charge in [0.15, 0.2) is 0 Å². The summed E-state index contributed by atoms with van der Waals surface area (Å²) in [5.74, 6) is -1.92. The third-order valence-electron chi connectivity index (χ3n) is 2.34. The predicted molar refractivity (Wildman–Crippen MR) is 64.1 cm³/mol. The van der Waals surface area contributed by atoms with Crippen molar-refractivity contribution in [2.45, 2.75) is 0 Å². The maximum Gasteiger partial charge on any atom is 0.262 e. The van der Waals surface area contributed by atoms with Crippen LogP contribution in [0.3, 0.4) is 0 Å². The molecule has 5 heteroatoms. The first-order valence-corrected chi connectivity index (χ1v) is 5.16. The molecule has 2 aromatic rings. The monoisotopic (exact) mass is 247 g/mol. The molecule has 0 heterocycles. The molecule has 0 unspecified atom stereocenters. The Kier molecular flexibility index (Phi) is 3.14. The van der Waals surface area contributed by atoms with E-state index in [2.05, 4.69) is 5.32 Å². The van der Waals surface area contributed by atoms with E-state index in [0.717, 1.165) is 6.07 Å². The molecule has 0 aliphatic rings. The zero-order chi connectivity index (χ0) is 13.1.